The minimum Gasteiger partial charge on any atom is -0.430 e. The zero-order chi connectivity index (χ0) is 16.1. The zero-order valence-electron chi connectivity index (χ0n) is 12.5. The van der Waals surface area contributed by atoms with Crippen molar-refractivity contribution in [1.29, 1.82) is 0 Å². The molecule has 1 fully saturated rings. The molecule has 0 aromatic heterocycles. The van der Waals surface area contributed by atoms with Crippen molar-refractivity contribution in [1.82, 2.24) is 5.32 Å². The van der Waals surface area contributed by atoms with Crippen LogP contribution in [0.2, 0.25) is 0 Å². The molecule has 1 aliphatic carbocycles. The Labute approximate surface area is 133 Å². The normalized spacial score (nSPS) is 15.0. The van der Waals surface area contributed by atoms with E-state index in [4.69, 9.17) is 4.74 Å². The number of allylic oxidation sites excluding steroid dienone is 1. The van der Waals surface area contributed by atoms with E-state index in [0.717, 1.165) is 12.8 Å². The molecule has 118 valence electrons. The Morgan fingerprint density at radius 2 is 2.05 bits per heavy atom. The summed E-state index contributed by atoms with van der Waals surface area (Å²) in [5.41, 5.74) is 0.414. The fourth-order valence-corrected chi connectivity index (χ4v) is 2.69. The van der Waals surface area contributed by atoms with E-state index in [1.807, 2.05) is 0 Å². The average molecular weight is 323 g/mol. The van der Waals surface area contributed by atoms with E-state index < -0.39 is 5.97 Å². The van der Waals surface area contributed by atoms with Crippen LogP contribution < -0.4 is 5.32 Å². The second-order valence-electron chi connectivity index (χ2n) is 5.04. The molecule has 4 nitrogen and oxygen atoms in total. The molecule has 22 heavy (non-hydrogen) atoms. The van der Waals surface area contributed by atoms with Gasteiger partial charge in [0, 0.05) is 24.9 Å². The Morgan fingerprint density at radius 3 is 2.59 bits per heavy atom. The molecule has 2 rings (SSSR count). The van der Waals surface area contributed by atoms with Gasteiger partial charge in [-0.1, -0.05) is 18.2 Å². The van der Waals surface area contributed by atoms with Gasteiger partial charge < -0.3 is 10.1 Å². The highest BCUT2D eigenvalue weighted by Gasteiger charge is 2.33. The lowest BCUT2D eigenvalue weighted by atomic mass is 10.2. The number of nitrogens with one attached hydrogen (secondary N) is 1. The SMILES string of the molecule is CS/C(C(=O)NCc1ccccc1F)=C(/OC(C)=O)C1CC1. The zero-order valence-corrected chi connectivity index (χ0v) is 13.3. The van der Waals surface area contributed by atoms with E-state index in [9.17, 15) is 14.0 Å². The first kappa shape index (κ1) is 16.5. The summed E-state index contributed by atoms with van der Waals surface area (Å²) in [5, 5.41) is 2.68. The molecule has 0 atom stereocenters. The molecule has 0 aliphatic heterocycles. The van der Waals surface area contributed by atoms with Gasteiger partial charge in [-0.25, -0.2) is 4.39 Å². The Bertz CT molecular complexity index is 611. The maximum atomic E-state index is 13.6. The molecule has 0 radical (unpaired) electrons. The number of esters is 1. The highest BCUT2D eigenvalue weighted by molar-refractivity contribution is 8.03. The summed E-state index contributed by atoms with van der Waals surface area (Å²) in [4.78, 5) is 23.9. The van der Waals surface area contributed by atoms with E-state index in [2.05, 4.69) is 5.32 Å². The molecule has 1 aromatic carbocycles. The quantitative estimate of drug-likeness (QED) is 0.497. The highest BCUT2D eigenvalue weighted by Crippen LogP contribution is 2.40. The third kappa shape index (κ3) is 4.34. The Hall–Kier alpha value is -1.82. The summed E-state index contributed by atoms with van der Waals surface area (Å²) in [6.45, 7) is 1.41. The van der Waals surface area contributed by atoms with Crippen LogP contribution >= 0.6 is 11.8 Å². The maximum absolute atomic E-state index is 13.6. The van der Waals surface area contributed by atoms with Crippen LogP contribution in [0.25, 0.3) is 0 Å². The van der Waals surface area contributed by atoms with Crippen LogP contribution in [0.4, 0.5) is 4.39 Å². The topological polar surface area (TPSA) is 55.4 Å². The second-order valence-corrected chi connectivity index (χ2v) is 5.86. The van der Waals surface area contributed by atoms with Gasteiger partial charge in [0.1, 0.15) is 16.5 Å². The average Bonchev–Trinajstić information content (AvgIpc) is 3.30. The lowest BCUT2D eigenvalue weighted by Gasteiger charge is -2.13. The molecule has 0 bridgehead atoms. The number of rotatable bonds is 6. The molecule has 0 unspecified atom stereocenters. The van der Waals surface area contributed by atoms with Crippen molar-refractivity contribution in [3.63, 3.8) is 0 Å². The fourth-order valence-electron chi connectivity index (χ4n) is 2.02. The van der Waals surface area contributed by atoms with E-state index in [0.29, 0.717) is 16.2 Å². The number of thioether (sulfide) groups is 1. The second kappa shape index (κ2) is 7.45. The first-order chi connectivity index (χ1) is 10.5. The monoisotopic (exact) mass is 323 g/mol. The Kier molecular flexibility index (Phi) is 5.60. The van der Waals surface area contributed by atoms with Crippen LogP contribution in [0.1, 0.15) is 25.3 Å². The van der Waals surface area contributed by atoms with Crippen molar-refractivity contribution in [3.05, 3.63) is 46.3 Å². The number of halogens is 1. The number of hydrogen-bond donors (Lipinski definition) is 1. The summed E-state index contributed by atoms with van der Waals surface area (Å²) in [5.74, 6) is -0.578. The predicted octanol–water partition coefficient (Wildman–Crippen LogP) is 2.99. The van der Waals surface area contributed by atoms with E-state index in [1.165, 1.54) is 24.8 Å². The Morgan fingerprint density at radius 1 is 1.36 bits per heavy atom. The van der Waals surface area contributed by atoms with Crippen LogP contribution in [-0.2, 0) is 20.9 Å². The van der Waals surface area contributed by atoms with Gasteiger partial charge in [0.2, 0.25) is 0 Å². The van der Waals surface area contributed by atoms with E-state index in [1.54, 1.807) is 24.5 Å². The van der Waals surface area contributed by atoms with Crippen LogP contribution in [-0.4, -0.2) is 18.1 Å². The van der Waals surface area contributed by atoms with Crippen molar-refractivity contribution in [2.45, 2.75) is 26.3 Å². The third-order valence-corrected chi connectivity index (χ3v) is 4.03. The molecule has 0 saturated heterocycles. The first-order valence-electron chi connectivity index (χ1n) is 7.01. The summed E-state index contributed by atoms with van der Waals surface area (Å²) in [7, 11) is 0. The predicted molar refractivity (Wildman–Crippen MR) is 83.3 cm³/mol. The van der Waals surface area contributed by atoms with Crippen molar-refractivity contribution in [2.75, 3.05) is 6.26 Å². The standard InChI is InChI=1S/C16H18FNO3S/c1-10(19)21-14(11-7-8-11)15(22-2)16(20)18-9-12-5-3-4-6-13(12)17/h3-6,11H,7-9H2,1-2H3,(H,18,20)/b15-14+. The van der Waals surface area contributed by atoms with Crippen LogP contribution in [0.15, 0.2) is 34.9 Å². The van der Waals surface area contributed by atoms with Crippen molar-refractivity contribution < 1.29 is 18.7 Å². The molecule has 1 aromatic rings. The first-order valence-corrected chi connectivity index (χ1v) is 8.23. The smallest absolute Gasteiger partial charge is 0.307 e. The molecule has 1 amide bonds. The van der Waals surface area contributed by atoms with Crippen LogP contribution in [0.5, 0.6) is 0 Å². The molecule has 1 aliphatic rings. The van der Waals surface area contributed by atoms with Gasteiger partial charge in [-0.3, -0.25) is 9.59 Å². The van der Waals surface area contributed by atoms with Crippen molar-refractivity contribution in [3.8, 4) is 0 Å². The van der Waals surface area contributed by atoms with Gasteiger partial charge >= 0.3 is 5.97 Å². The van der Waals surface area contributed by atoms with Crippen LogP contribution in [0.3, 0.4) is 0 Å². The molecule has 6 heteroatoms. The summed E-state index contributed by atoms with van der Waals surface area (Å²) in [6.07, 6.45) is 3.57. The van der Waals surface area contributed by atoms with E-state index in [-0.39, 0.29) is 24.2 Å². The van der Waals surface area contributed by atoms with E-state index >= 15 is 0 Å². The number of benzene rings is 1. The number of carbonyl (C=O) groups excluding carboxylic acids is 2. The molecular weight excluding hydrogens is 305 g/mol. The van der Waals surface area contributed by atoms with Gasteiger partial charge in [-0.05, 0) is 25.2 Å². The highest BCUT2D eigenvalue weighted by atomic mass is 32.2. The molecule has 0 heterocycles. The molecular formula is C16H18FNO3S. The lowest BCUT2D eigenvalue weighted by molar-refractivity contribution is -0.137. The number of amides is 1. The maximum Gasteiger partial charge on any atom is 0.307 e. The molecule has 0 spiro atoms. The van der Waals surface area contributed by atoms with Gasteiger partial charge in [0.25, 0.3) is 5.91 Å². The summed E-state index contributed by atoms with van der Waals surface area (Å²) in [6, 6.07) is 6.28. The molecule has 1 N–H and O–H groups in total. The Balaban J connectivity index is 2.10. The molecule has 1 saturated carbocycles. The van der Waals surface area contributed by atoms with Gasteiger partial charge in [-0.2, -0.15) is 0 Å². The number of hydrogen-bond acceptors (Lipinski definition) is 4. The lowest BCUT2D eigenvalue weighted by Crippen LogP contribution is -2.25. The van der Waals surface area contributed by atoms with Crippen molar-refractivity contribution in [2.24, 2.45) is 5.92 Å². The van der Waals surface area contributed by atoms with Crippen molar-refractivity contribution >= 4 is 23.6 Å². The largest absolute Gasteiger partial charge is 0.430 e. The summed E-state index contributed by atoms with van der Waals surface area (Å²) >= 11 is 1.23. The fraction of sp³-hybridized carbons (Fsp3) is 0.375. The number of ether oxygens (including phenoxy) is 1. The van der Waals surface area contributed by atoms with Crippen LogP contribution in [0, 0.1) is 11.7 Å². The number of carbonyl (C=O) groups is 2. The minimum absolute atomic E-state index is 0.0909. The van der Waals surface area contributed by atoms with Gasteiger partial charge in [0.15, 0.2) is 0 Å². The summed E-state index contributed by atoms with van der Waals surface area (Å²) < 4.78 is 18.8. The minimum atomic E-state index is -0.435. The van der Waals surface area contributed by atoms with Gasteiger partial charge in [-0.15, -0.1) is 11.8 Å². The third-order valence-electron chi connectivity index (χ3n) is 3.23. The van der Waals surface area contributed by atoms with Gasteiger partial charge in [0.05, 0.1) is 0 Å².